The van der Waals surface area contributed by atoms with Gasteiger partial charge >= 0.3 is 5.97 Å². The van der Waals surface area contributed by atoms with Crippen molar-refractivity contribution < 1.29 is 19.1 Å². The molecule has 2 fully saturated rings. The number of hydrogen-bond acceptors (Lipinski definition) is 3. The molecule has 0 radical (unpaired) electrons. The molecular formula is C16H19NO4. The minimum absolute atomic E-state index is 0.394. The molecule has 2 N–H and O–H groups in total. The van der Waals surface area contributed by atoms with Crippen molar-refractivity contribution in [1.82, 2.24) is 5.32 Å². The quantitative estimate of drug-likeness (QED) is 0.816. The number of aliphatic carboxylic acids is 1. The summed E-state index contributed by atoms with van der Waals surface area (Å²) in [5.41, 5.74) is -1.07. The second-order valence-electron chi connectivity index (χ2n) is 6.12. The van der Waals surface area contributed by atoms with E-state index in [2.05, 4.69) is 12.2 Å². The van der Waals surface area contributed by atoms with Crippen LogP contribution in [0.1, 0.15) is 50.0 Å². The van der Waals surface area contributed by atoms with Crippen molar-refractivity contribution in [2.75, 3.05) is 0 Å². The van der Waals surface area contributed by atoms with Crippen molar-refractivity contribution >= 4 is 18.0 Å². The van der Waals surface area contributed by atoms with E-state index in [-0.39, 0.29) is 0 Å². The highest BCUT2D eigenvalue weighted by Gasteiger charge is 2.45. The first-order valence-corrected chi connectivity index (χ1v) is 7.33. The standard InChI is InChI=1S/C16H19NO4/c1-10-9-12(10)13-5-3-11(21-13)4-6-14(18)17-16(15(19)20)7-2-8-16/h3-6,10,12H,2,7-9H2,1H3,(H,17,18)(H,19,20)/b6-4+. The predicted octanol–water partition coefficient (Wildman–Crippen LogP) is 2.54. The lowest BCUT2D eigenvalue weighted by Crippen LogP contribution is -2.58. The number of rotatable bonds is 5. The molecule has 21 heavy (non-hydrogen) atoms. The van der Waals surface area contributed by atoms with Gasteiger partial charge in [-0.2, -0.15) is 0 Å². The lowest BCUT2D eigenvalue weighted by molar-refractivity contribution is -0.151. The van der Waals surface area contributed by atoms with E-state index < -0.39 is 17.4 Å². The van der Waals surface area contributed by atoms with Gasteiger partial charge in [0.15, 0.2) is 0 Å². The number of amides is 1. The Morgan fingerprint density at radius 3 is 2.67 bits per heavy atom. The number of hydrogen-bond donors (Lipinski definition) is 2. The third-order valence-corrected chi connectivity index (χ3v) is 4.50. The van der Waals surface area contributed by atoms with Crippen molar-refractivity contribution in [2.24, 2.45) is 5.92 Å². The van der Waals surface area contributed by atoms with Gasteiger partial charge in [-0.15, -0.1) is 0 Å². The molecule has 1 amide bonds. The molecule has 2 saturated carbocycles. The Hall–Kier alpha value is -2.04. The van der Waals surface area contributed by atoms with Gasteiger partial charge in [0, 0.05) is 12.0 Å². The summed E-state index contributed by atoms with van der Waals surface area (Å²) < 4.78 is 5.66. The average Bonchev–Trinajstić information content (AvgIpc) is 2.94. The van der Waals surface area contributed by atoms with E-state index in [0.29, 0.717) is 30.4 Å². The molecule has 0 saturated heterocycles. The van der Waals surface area contributed by atoms with E-state index in [0.717, 1.165) is 18.6 Å². The van der Waals surface area contributed by atoms with E-state index in [1.165, 1.54) is 6.08 Å². The number of furan rings is 1. The predicted molar refractivity (Wildman–Crippen MR) is 76.6 cm³/mol. The minimum atomic E-state index is -1.07. The van der Waals surface area contributed by atoms with Crippen molar-refractivity contribution in [3.05, 3.63) is 29.7 Å². The van der Waals surface area contributed by atoms with Crippen LogP contribution in [-0.4, -0.2) is 22.5 Å². The zero-order chi connectivity index (χ0) is 15.0. The molecule has 2 atom stereocenters. The number of nitrogens with one attached hydrogen (secondary N) is 1. The van der Waals surface area contributed by atoms with Gasteiger partial charge in [0.25, 0.3) is 0 Å². The zero-order valence-electron chi connectivity index (χ0n) is 12.0. The summed E-state index contributed by atoms with van der Waals surface area (Å²) >= 11 is 0. The molecule has 1 aromatic rings. The Balaban J connectivity index is 1.59. The summed E-state index contributed by atoms with van der Waals surface area (Å²) in [4.78, 5) is 23.0. The summed E-state index contributed by atoms with van der Waals surface area (Å²) in [6, 6.07) is 3.77. The number of carboxylic acids is 1. The van der Waals surface area contributed by atoms with Gasteiger partial charge in [-0.1, -0.05) is 6.92 Å². The SMILES string of the molecule is CC1CC1c1ccc(/C=C/C(=O)NC2(C(=O)O)CCC2)o1. The molecule has 3 rings (SSSR count). The summed E-state index contributed by atoms with van der Waals surface area (Å²) in [5, 5.41) is 11.7. The maximum Gasteiger partial charge on any atom is 0.329 e. The van der Waals surface area contributed by atoms with Crippen LogP contribution in [0.15, 0.2) is 22.6 Å². The third kappa shape index (κ3) is 2.73. The van der Waals surface area contributed by atoms with Gasteiger partial charge in [-0.3, -0.25) is 4.79 Å². The molecule has 1 aromatic heterocycles. The Kier molecular flexibility index (Phi) is 3.35. The zero-order valence-corrected chi connectivity index (χ0v) is 12.0. The first-order chi connectivity index (χ1) is 10.00. The third-order valence-electron chi connectivity index (χ3n) is 4.50. The van der Waals surface area contributed by atoms with Crippen LogP contribution in [0.25, 0.3) is 6.08 Å². The highest BCUT2D eigenvalue weighted by atomic mass is 16.4. The first kappa shape index (κ1) is 13.9. The minimum Gasteiger partial charge on any atom is -0.480 e. The number of carboxylic acid groups (broad SMARTS) is 1. The lowest BCUT2D eigenvalue weighted by atomic mass is 9.77. The van der Waals surface area contributed by atoms with Crippen LogP contribution < -0.4 is 5.32 Å². The summed E-state index contributed by atoms with van der Waals surface area (Å²) in [7, 11) is 0. The molecule has 2 aliphatic carbocycles. The maximum absolute atomic E-state index is 11.8. The molecule has 0 bridgehead atoms. The van der Waals surface area contributed by atoms with Gasteiger partial charge < -0.3 is 14.8 Å². The fourth-order valence-electron chi connectivity index (χ4n) is 2.73. The fourth-order valence-corrected chi connectivity index (χ4v) is 2.73. The first-order valence-electron chi connectivity index (χ1n) is 7.33. The highest BCUT2D eigenvalue weighted by Crippen LogP contribution is 2.47. The van der Waals surface area contributed by atoms with Crippen molar-refractivity contribution in [3.63, 3.8) is 0 Å². The largest absolute Gasteiger partial charge is 0.480 e. The van der Waals surface area contributed by atoms with Crippen molar-refractivity contribution in [2.45, 2.75) is 44.1 Å². The van der Waals surface area contributed by atoms with E-state index in [9.17, 15) is 9.59 Å². The maximum atomic E-state index is 11.8. The topological polar surface area (TPSA) is 79.5 Å². The van der Waals surface area contributed by atoms with Crippen LogP contribution in [0.5, 0.6) is 0 Å². The Labute approximate surface area is 123 Å². The van der Waals surface area contributed by atoms with Gasteiger partial charge in [-0.25, -0.2) is 4.79 Å². The van der Waals surface area contributed by atoms with Crippen LogP contribution in [0.4, 0.5) is 0 Å². The van der Waals surface area contributed by atoms with E-state index in [4.69, 9.17) is 9.52 Å². The van der Waals surface area contributed by atoms with Gasteiger partial charge in [0.1, 0.15) is 17.1 Å². The molecule has 2 unspecified atom stereocenters. The molecule has 5 nitrogen and oxygen atoms in total. The van der Waals surface area contributed by atoms with Crippen molar-refractivity contribution in [3.8, 4) is 0 Å². The number of carbonyl (C=O) groups excluding carboxylic acids is 1. The second-order valence-corrected chi connectivity index (χ2v) is 6.12. The van der Waals surface area contributed by atoms with Crippen LogP contribution in [0.3, 0.4) is 0 Å². The molecule has 0 aliphatic heterocycles. The number of carbonyl (C=O) groups is 2. The molecule has 112 valence electrons. The Bertz CT molecular complexity index is 597. The molecular weight excluding hydrogens is 270 g/mol. The molecule has 0 spiro atoms. The van der Waals surface area contributed by atoms with Crippen LogP contribution in [-0.2, 0) is 9.59 Å². The highest BCUT2D eigenvalue weighted by molar-refractivity contribution is 5.96. The van der Waals surface area contributed by atoms with Crippen LogP contribution in [0.2, 0.25) is 0 Å². The van der Waals surface area contributed by atoms with E-state index in [1.54, 1.807) is 6.08 Å². The average molecular weight is 289 g/mol. The van der Waals surface area contributed by atoms with E-state index in [1.807, 2.05) is 12.1 Å². The van der Waals surface area contributed by atoms with E-state index >= 15 is 0 Å². The van der Waals surface area contributed by atoms with Crippen LogP contribution in [0, 0.1) is 5.92 Å². The van der Waals surface area contributed by atoms with Gasteiger partial charge in [-0.05, 0) is 49.8 Å². The summed E-state index contributed by atoms with van der Waals surface area (Å²) in [6.07, 6.45) is 5.89. The van der Waals surface area contributed by atoms with Crippen molar-refractivity contribution in [1.29, 1.82) is 0 Å². The molecule has 1 heterocycles. The van der Waals surface area contributed by atoms with Gasteiger partial charge in [0.05, 0.1) is 0 Å². The lowest BCUT2D eigenvalue weighted by Gasteiger charge is -2.37. The smallest absolute Gasteiger partial charge is 0.329 e. The van der Waals surface area contributed by atoms with Crippen LogP contribution >= 0.6 is 0 Å². The van der Waals surface area contributed by atoms with Gasteiger partial charge in [0.2, 0.25) is 5.91 Å². The molecule has 0 aromatic carbocycles. The fraction of sp³-hybridized carbons (Fsp3) is 0.500. The Morgan fingerprint density at radius 2 is 2.14 bits per heavy atom. The Morgan fingerprint density at radius 1 is 1.43 bits per heavy atom. The monoisotopic (exact) mass is 289 g/mol. The molecule has 5 heteroatoms. The summed E-state index contributed by atoms with van der Waals surface area (Å²) in [5.74, 6) is 1.41. The normalized spacial score (nSPS) is 26.3. The second kappa shape index (κ2) is 5.06. The molecule has 2 aliphatic rings. The summed E-state index contributed by atoms with van der Waals surface area (Å²) in [6.45, 7) is 2.18.